The summed E-state index contributed by atoms with van der Waals surface area (Å²) in [6.45, 7) is 1.88. The fourth-order valence-electron chi connectivity index (χ4n) is 4.37. The van der Waals surface area contributed by atoms with Gasteiger partial charge in [-0.1, -0.05) is 37.3 Å². The monoisotopic (exact) mass is 447 g/mol. The summed E-state index contributed by atoms with van der Waals surface area (Å²) in [4.78, 5) is 26.8. The van der Waals surface area contributed by atoms with Gasteiger partial charge in [0.1, 0.15) is 17.5 Å². The molecule has 0 fully saturated rings. The Morgan fingerprint density at radius 3 is 2.27 bits per heavy atom. The number of hydrogen-bond acceptors (Lipinski definition) is 5. The number of aromatic nitrogens is 2. The van der Waals surface area contributed by atoms with Crippen molar-refractivity contribution in [1.29, 1.82) is 0 Å². The lowest BCUT2D eigenvalue weighted by Gasteiger charge is -2.24. The van der Waals surface area contributed by atoms with E-state index in [1.807, 2.05) is 37.3 Å². The van der Waals surface area contributed by atoms with Gasteiger partial charge in [-0.25, -0.2) is 4.68 Å². The number of carbonyl (C=O) groups excluding carboxylic acids is 1. The molecular formula is C26H29N3O4. The Morgan fingerprint density at radius 2 is 1.67 bits per heavy atom. The van der Waals surface area contributed by atoms with Gasteiger partial charge in [0.15, 0.2) is 0 Å². The van der Waals surface area contributed by atoms with Crippen LogP contribution in [0.3, 0.4) is 0 Å². The van der Waals surface area contributed by atoms with E-state index in [0.717, 1.165) is 41.6 Å². The smallest absolute Gasteiger partial charge is 0.271 e. The molecule has 1 aliphatic rings. The second-order valence-corrected chi connectivity index (χ2v) is 8.14. The highest BCUT2D eigenvalue weighted by Crippen LogP contribution is 2.30. The zero-order valence-electron chi connectivity index (χ0n) is 19.3. The van der Waals surface area contributed by atoms with E-state index in [2.05, 4.69) is 5.32 Å². The fraction of sp³-hybridized carbons (Fsp3) is 0.346. The Hall–Kier alpha value is -3.61. The highest BCUT2D eigenvalue weighted by molar-refractivity contribution is 5.94. The lowest BCUT2D eigenvalue weighted by molar-refractivity contribution is -0.119. The minimum absolute atomic E-state index is 0.172. The van der Waals surface area contributed by atoms with Crippen LogP contribution in [0.5, 0.6) is 11.5 Å². The molecule has 1 atom stereocenters. The van der Waals surface area contributed by atoms with Gasteiger partial charge in [0.2, 0.25) is 5.91 Å². The molecule has 1 heterocycles. The number of amides is 1. The number of anilines is 1. The molecule has 0 bridgehead atoms. The van der Waals surface area contributed by atoms with Gasteiger partial charge in [0, 0.05) is 35.0 Å². The number of nitrogens with zero attached hydrogens (tertiary/aromatic N) is 2. The molecule has 0 saturated carbocycles. The Bertz CT molecular complexity index is 1180. The van der Waals surface area contributed by atoms with E-state index in [4.69, 9.17) is 14.6 Å². The third-order valence-corrected chi connectivity index (χ3v) is 6.08. The summed E-state index contributed by atoms with van der Waals surface area (Å²) in [5, 5.41) is 7.66. The van der Waals surface area contributed by atoms with Gasteiger partial charge < -0.3 is 14.8 Å². The molecular weight excluding hydrogens is 418 g/mol. The second-order valence-electron chi connectivity index (χ2n) is 8.14. The molecule has 1 aliphatic carbocycles. The minimum atomic E-state index is -0.746. The van der Waals surface area contributed by atoms with Gasteiger partial charge in [-0.3, -0.25) is 9.59 Å². The van der Waals surface area contributed by atoms with Crippen molar-refractivity contribution in [3.63, 3.8) is 0 Å². The van der Waals surface area contributed by atoms with Crippen LogP contribution in [0.2, 0.25) is 0 Å². The molecule has 0 radical (unpaired) electrons. The van der Waals surface area contributed by atoms with Crippen LogP contribution in [0.15, 0.2) is 53.3 Å². The highest BCUT2D eigenvalue weighted by atomic mass is 16.5. The largest absolute Gasteiger partial charge is 0.497 e. The first-order valence-corrected chi connectivity index (χ1v) is 11.3. The summed E-state index contributed by atoms with van der Waals surface area (Å²) in [7, 11) is 3.11. The summed E-state index contributed by atoms with van der Waals surface area (Å²) in [5.74, 6) is 0.818. The van der Waals surface area contributed by atoms with Crippen molar-refractivity contribution >= 4 is 11.6 Å². The summed E-state index contributed by atoms with van der Waals surface area (Å²) in [6.07, 6.45) is 3.96. The van der Waals surface area contributed by atoms with Crippen LogP contribution in [0.1, 0.15) is 43.4 Å². The summed E-state index contributed by atoms with van der Waals surface area (Å²) in [6, 6.07) is 14.3. The van der Waals surface area contributed by atoms with Gasteiger partial charge >= 0.3 is 0 Å². The van der Waals surface area contributed by atoms with Crippen LogP contribution in [0, 0.1) is 0 Å². The van der Waals surface area contributed by atoms with Crippen molar-refractivity contribution in [3.8, 4) is 22.8 Å². The Balaban J connectivity index is 1.75. The maximum atomic E-state index is 13.4. The standard InChI is InChI=1S/C26H29N3O4/c1-4-23(25(30)27-18-14-19(32-2)16-20(15-18)33-3)29-26(31)22-13-9-8-12-21(22)24(28-29)17-10-6-5-7-11-17/h5-7,10-11,14-16,23H,4,8-9,12-13H2,1-3H3,(H,27,30)/t23-/m0/s1. The average Bonchev–Trinajstić information content (AvgIpc) is 2.86. The first kappa shape index (κ1) is 22.6. The molecule has 2 aromatic carbocycles. The number of nitrogens with one attached hydrogen (secondary N) is 1. The van der Waals surface area contributed by atoms with Crippen LogP contribution in [0.25, 0.3) is 11.3 Å². The lowest BCUT2D eigenvalue weighted by Crippen LogP contribution is -2.38. The summed E-state index contributed by atoms with van der Waals surface area (Å²) >= 11 is 0. The number of carbonyl (C=O) groups is 1. The molecule has 7 nitrogen and oxygen atoms in total. The van der Waals surface area contributed by atoms with Crippen LogP contribution in [-0.2, 0) is 17.6 Å². The van der Waals surface area contributed by atoms with Crippen molar-refractivity contribution < 1.29 is 14.3 Å². The van der Waals surface area contributed by atoms with E-state index in [9.17, 15) is 9.59 Å². The predicted octanol–water partition coefficient (Wildman–Crippen LogP) is 4.40. The third kappa shape index (κ3) is 4.62. The number of methoxy groups -OCH3 is 2. The van der Waals surface area contributed by atoms with Gasteiger partial charge in [-0.05, 0) is 37.7 Å². The van der Waals surface area contributed by atoms with Crippen molar-refractivity contribution in [3.05, 3.63) is 70.0 Å². The SMILES string of the molecule is CC[C@@H](C(=O)Nc1cc(OC)cc(OC)c1)n1nc(-c2ccccc2)c2c(c1=O)CCCC2. The summed E-state index contributed by atoms with van der Waals surface area (Å²) in [5.41, 5.74) is 3.90. The highest BCUT2D eigenvalue weighted by Gasteiger charge is 2.27. The molecule has 1 N–H and O–H groups in total. The molecule has 1 aromatic heterocycles. The van der Waals surface area contributed by atoms with Crippen LogP contribution in [-0.4, -0.2) is 29.9 Å². The molecule has 0 aliphatic heterocycles. The van der Waals surface area contributed by atoms with Crippen molar-refractivity contribution in [2.75, 3.05) is 19.5 Å². The van der Waals surface area contributed by atoms with Crippen LogP contribution < -0.4 is 20.3 Å². The van der Waals surface area contributed by atoms with E-state index in [-0.39, 0.29) is 11.5 Å². The molecule has 7 heteroatoms. The molecule has 0 spiro atoms. The number of hydrogen-bond donors (Lipinski definition) is 1. The minimum Gasteiger partial charge on any atom is -0.497 e. The van der Waals surface area contributed by atoms with Gasteiger partial charge in [-0.15, -0.1) is 0 Å². The van der Waals surface area contributed by atoms with E-state index in [1.54, 1.807) is 32.4 Å². The lowest BCUT2D eigenvalue weighted by atomic mass is 9.89. The van der Waals surface area contributed by atoms with E-state index < -0.39 is 6.04 Å². The Morgan fingerprint density at radius 1 is 1.03 bits per heavy atom. The number of ether oxygens (including phenoxy) is 2. The zero-order valence-corrected chi connectivity index (χ0v) is 19.3. The molecule has 172 valence electrons. The fourth-order valence-corrected chi connectivity index (χ4v) is 4.37. The van der Waals surface area contributed by atoms with Gasteiger partial charge in [0.25, 0.3) is 5.56 Å². The molecule has 33 heavy (non-hydrogen) atoms. The first-order valence-electron chi connectivity index (χ1n) is 11.3. The Labute approximate surface area is 193 Å². The van der Waals surface area contributed by atoms with E-state index >= 15 is 0 Å². The molecule has 4 rings (SSSR count). The summed E-state index contributed by atoms with van der Waals surface area (Å²) < 4.78 is 12.0. The Kier molecular flexibility index (Phi) is 6.77. The molecule has 0 unspecified atom stereocenters. The van der Waals surface area contributed by atoms with Crippen molar-refractivity contribution in [1.82, 2.24) is 9.78 Å². The molecule has 1 amide bonds. The molecule has 3 aromatic rings. The normalized spacial score (nSPS) is 13.7. The quantitative estimate of drug-likeness (QED) is 0.581. The first-order chi connectivity index (χ1) is 16.0. The van der Waals surface area contributed by atoms with E-state index in [1.165, 1.54) is 4.68 Å². The average molecular weight is 448 g/mol. The van der Waals surface area contributed by atoms with Crippen LogP contribution in [0.4, 0.5) is 5.69 Å². The second kappa shape index (κ2) is 9.90. The zero-order chi connectivity index (χ0) is 23.4. The van der Waals surface area contributed by atoms with Gasteiger partial charge in [0.05, 0.1) is 19.9 Å². The van der Waals surface area contributed by atoms with E-state index in [0.29, 0.717) is 30.0 Å². The maximum Gasteiger partial charge on any atom is 0.271 e. The number of fused-ring (bicyclic) bond motifs is 1. The molecule has 0 saturated heterocycles. The van der Waals surface area contributed by atoms with Crippen molar-refractivity contribution in [2.24, 2.45) is 0 Å². The predicted molar refractivity (Wildman–Crippen MR) is 128 cm³/mol. The van der Waals surface area contributed by atoms with Crippen LogP contribution >= 0.6 is 0 Å². The number of benzene rings is 2. The topological polar surface area (TPSA) is 82.4 Å². The maximum absolute atomic E-state index is 13.4. The number of rotatable bonds is 7. The van der Waals surface area contributed by atoms with Gasteiger partial charge in [-0.2, -0.15) is 5.10 Å². The van der Waals surface area contributed by atoms with Crippen molar-refractivity contribution in [2.45, 2.75) is 45.1 Å². The third-order valence-electron chi connectivity index (χ3n) is 6.08.